The third-order valence-corrected chi connectivity index (χ3v) is 2.49. The van der Waals surface area contributed by atoms with Crippen LogP contribution in [0.5, 0.6) is 0 Å². The van der Waals surface area contributed by atoms with E-state index in [4.69, 9.17) is 0 Å². The Labute approximate surface area is 110 Å². The first-order valence-electron chi connectivity index (χ1n) is 5.78. The van der Waals surface area contributed by atoms with Gasteiger partial charge in [0.15, 0.2) is 0 Å². The number of rotatable bonds is 4. The number of carbonyl (C=O) groups is 2. The van der Waals surface area contributed by atoms with Gasteiger partial charge in [-0.3, -0.25) is 14.7 Å². The van der Waals surface area contributed by atoms with Crippen molar-refractivity contribution in [3.05, 3.63) is 47.8 Å². The molecule has 0 radical (unpaired) electrons. The van der Waals surface area contributed by atoms with Gasteiger partial charge in [-0.1, -0.05) is 12.1 Å². The van der Waals surface area contributed by atoms with Crippen LogP contribution in [0.15, 0.2) is 36.7 Å². The lowest BCUT2D eigenvalue weighted by Gasteiger charge is -2.06. The standard InChI is InChI=1S/C13H14N4O2/c1-9(18)17-12-4-2-10(3-5-12)6-14-13(19)11-7-15-16-8-11/h2-5,7-8H,6H2,1H3,(H,14,19)(H,15,16)(H,17,18). The molecule has 0 atom stereocenters. The quantitative estimate of drug-likeness (QED) is 0.772. The van der Waals surface area contributed by atoms with E-state index in [0.717, 1.165) is 11.3 Å². The molecule has 6 nitrogen and oxygen atoms in total. The first-order chi connectivity index (χ1) is 9.15. The van der Waals surface area contributed by atoms with Gasteiger partial charge in [-0.05, 0) is 17.7 Å². The summed E-state index contributed by atoms with van der Waals surface area (Å²) < 4.78 is 0. The molecule has 3 N–H and O–H groups in total. The molecule has 2 amide bonds. The Hall–Kier alpha value is -2.63. The number of hydrogen-bond donors (Lipinski definition) is 3. The topological polar surface area (TPSA) is 86.9 Å². The predicted octanol–water partition coefficient (Wildman–Crippen LogP) is 1.30. The summed E-state index contributed by atoms with van der Waals surface area (Å²) in [4.78, 5) is 22.5. The van der Waals surface area contributed by atoms with Gasteiger partial charge in [-0.2, -0.15) is 5.10 Å². The van der Waals surface area contributed by atoms with Crippen LogP contribution in [0.4, 0.5) is 5.69 Å². The Balaban J connectivity index is 1.89. The molecule has 6 heteroatoms. The average molecular weight is 258 g/mol. The average Bonchev–Trinajstić information content (AvgIpc) is 2.91. The van der Waals surface area contributed by atoms with Crippen LogP contribution in [-0.2, 0) is 11.3 Å². The van der Waals surface area contributed by atoms with E-state index in [1.807, 2.05) is 12.1 Å². The fourth-order valence-electron chi connectivity index (χ4n) is 1.57. The minimum absolute atomic E-state index is 0.110. The number of H-pyrrole nitrogens is 1. The van der Waals surface area contributed by atoms with E-state index in [1.54, 1.807) is 12.1 Å². The molecule has 0 saturated carbocycles. The van der Waals surface area contributed by atoms with Crippen molar-refractivity contribution in [1.82, 2.24) is 15.5 Å². The van der Waals surface area contributed by atoms with E-state index in [9.17, 15) is 9.59 Å². The lowest BCUT2D eigenvalue weighted by Crippen LogP contribution is -2.22. The number of aromatic amines is 1. The molecule has 19 heavy (non-hydrogen) atoms. The van der Waals surface area contributed by atoms with Gasteiger partial charge < -0.3 is 10.6 Å². The van der Waals surface area contributed by atoms with Gasteiger partial charge in [0.2, 0.25) is 5.91 Å². The van der Waals surface area contributed by atoms with E-state index in [0.29, 0.717) is 12.1 Å². The first-order valence-corrected chi connectivity index (χ1v) is 5.78. The minimum atomic E-state index is -0.181. The van der Waals surface area contributed by atoms with E-state index in [-0.39, 0.29) is 11.8 Å². The zero-order chi connectivity index (χ0) is 13.7. The van der Waals surface area contributed by atoms with Gasteiger partial charge in [0.05, 0.1) is 11.8 Å². The van der Waals surface area contributed by atoms with Gasteiger partial charge in [-0.15, -0.1) is 0 Å². The van der Waals surface area contributed by atoms with Crippen molar-refractivity contribution in [3.63, 3.8) is 0 Å². The van der Waals surface area contributed by atoms with Crippen LogP contribution in [0.2, 0.25) is 0 Å². The summed E-state index contributed by atoms with van der Waals surface area (Å²) in [6.07, 6.45) is 3.00. The van der Waals surface area contributed by atoms with Crippen molar-refractivity contribution in [2.75, 3.05) is 5.32 Å². The lowest BCUT2D eigenvalue weighted by molar-refractivity contribution is -0.114. The van der Waals surface area contributed by atoms with Crippen molar-refractivity contribution < 1.29 is 9.59 Å². The van der Waals surface area contributed by atoms with Gasteiger partial charge in [0, 0.05) is 25.4 Å². The number of nitrogens with zero attached hydrogens (tertiary/aromatic N) is 1. The maximum absolute atomic E-state index is 11.7. The molecule has 2 aromatic rings. The molecule has 0 saturated heterocycles. The first kappa shape index (κ1) is 12.8. The highest BCUT2D eigenvalue weighted by Gasteiger charge is 2.05. The molecular weight excluding hydrogens is 244 g/mol. The van der Waals surface area contributed by atoms with Crippen molar-refractivity contribution in [1.29, 1.82) is 0 Å². The summed E-state index contributed by atoms with van der Waals surface area (Å²) in [5, 5.41) is 11.8. The van der Waals surface area contributed by atoms with Crippen molar-refractivity contribution >= 4 is 17.5 Å². The summed E-state index contributed by atoms with van der Waals surface area (Å²) >= 11 is 0. The number of aromatic nitrogens is 2. The Morgan fingerprint density at radius 2 is 2.00 bits per heavy atom. The molecule has 0 spiro atoms. The summed E-state index contributed by atoms with van der Waals surface area (Å²) in [5.74, 6) is -0.291. The Bertz CT molecular complexity index is 561. The molecule has 0 aliphatic carbocycles. The van der Waals surface area contributed by atoms with Gasteiger partial charge >= 0.3 is 0 Å². The Morgan fingerprint density at radius 3 is 2.58 bits per heavy atom. The second kappa shape index (κ2) is 5.81. The van der Waals surface area contributed by atoms with Gasteiger partial charge in [0.1, 0.15) is 0 Å². The Kier molecular flexibility index (Phi) is 3.92. The summed E-state index contributed by atoms with van der Waals surface area (Å²) in [6, 6.07) is 7.28. The number of benzene rings is 1. The van der Waals surface area contributed by atoms with E-state index in [2.05, 4.69) is 20.8 Å². The molecule has 0 aliphatic rings. The molecule has 98 valence electrons. The summed E-state index contributed by atoms with van der Waals surface area (Å²) in [7, 11) is 0. The zero-order valence-corrected chi connectivity index (χ0v) is 10.4. The number of carbonyl (C=O) groups excluding carboxylic acids is 2. The van der Waals surface area contributed by atoms with E-state index < -0.39 is 0 Å². The van der Waals surface area contributed by atoms with Crippen molar-refractivity contribution in [2.45, 2.75) is 13.5 Å². The van der Waals surface area contributed by atoms with E-state index in [1.165, 1.54) is 19.3 Å². The monoisotopic (exact) mass is 258 g/mol. The molecule has 1 heterocycles. The van der Waals surface area contributed by atoms with Crippen molar-refractivity contribution in [3.8, 4) is 0 Å². The second-order valence-corrected chi connectivity index (χ2v) is 4.05. The fraction of sp³-hybridized carbons (Fsp3) is 0.154. The normalized spacial score (nSPS) is 9.95. The molecule has 1 aromatic heterocycles. The summed E-state index contributed by atoms with van der Waals surface area (Å²) in [5.41, 5.74) is 2.18. The van der Waals surface area contributed by atoms with Gasteiger partial charge in [-0.25, -0.2) is 0 Å². The maximum Gasteiger partial charge on any atom is 0.254 e. The predicted molar refractivity (Wildman–Crippen MR) is 70.5 cm³/mol. The fourth-order valence-corrected chi connectivity index (χ4v) is 1.57. The third kappa shape index (κ3) is 3.67. The highest BCUT2D eigenvalue weighted by atomic mass is 16.2. The maximum atomic E-state index is 11.7. The van der Waals surface area contributed by atoms with Crippen LogP contribution >= 0.6 is 0 Å². The van der Waals surface area contributed by atoms with Crippen LogP contribution in [0.3, 0.4) is 0 Å². The van der Waals surface area contributed by atoms with Crippen LogP contribution in [0.1, 0.15) is 22.8 Å². The lowest BCUT2D eigenvalue weighted by atomic mass is 10.2. The molecular formula is C13H14N4O2. The molecule has 0 bridgehead atoms. The molecule has 1 aromatic carbocycles. The highest BCUT2D eigenvalue weighted by molar-refractivity contribution is 5.93. The molecule has 0 fully saturated rings. The van der Waals surface area contributed by atoms with Crippen molar-refractivity contribution in [2.24, 2.45) is 0 Å². The van der Waals surface area contributed by atoms with E-state index >= 15 is 0 Å². The highest BCUT2D eigenvalue weighted by Crippen LogP contribution is 2.09. The smallest absolute Gasteiger partial charge is 0.254 e. The summed E-state index contributed by atoms with van der Waals surface area (Å²) in [6.45, 7) is 1.88. The molecule has 0 aliphatic heterocycles. The number of amides is 2. The third-order valence-electron chi connectivity index (χ3n) is 2.49. The van der Waals surface area contributed by atoms with Crippen LogP contribution in [0.25, 0.3) is 0 Å². The number of hydrogen-bond acceptors (Lipinski definition) is 3. The Morgan fingerprint density at radius 1 is 1.26 bits per heavy atom. The van der Waals surface area contributed by atoms with Crippen LogP contribution in [0, 0.1) is 0 Å². The molecule has 0 unspecified atom stereocenters. The SMILES string of the molecule is CC(=O)Nc1ccc(CNC(=O)c2cn[nH]c2)cc1. The van der Waals surface area contributed by atoms with Crippen LogP contribution < -0.4 is 10.6 Å². The minimum Gasteiger partial charge on any atom is -0.348 e. The van der Waals surface area contributed by atoms with Gasteiger partial charge in [0.25, 0.3) is 5.91 Å². The van der Waals surface area contributed by atoms with Crippen LogP contribution in [-0.4, -0.2) is 22.0 Å². The second-order valence-electron chi connectivity index (χ2n) is 4.05. The molecule has 2 rings (SSSR count). The number of anilines is 1. The zero-order valence-electron chi connectivity index (χ0n) is 10.4. The number of nitrogens with one attached hydrogen (secondary N) is 3. The largest absolute Gasteiger partial charge is 0.348 e.